The number of rotatable bonds is 6. The van der Waals surface area contributed by atoms with Gasteiger partial charge in [0.15, 0.2) is 0 Å². The van der Waals surface area contributed by atoms with Crippen LogP contribution in [-0.4, -0.2) is 18.4 Å². The second-order valence-corrected chi connectivity index (χ2v) is 4.91. The van der Waals surface area contributed by atoms with Crippen molar-refractivity contribution in [3.63, 3.8) is 0 Å². The largest absolute Gasteiger partial charge is 0.466 e. The molecule has 1 fully saturated rings. The van der Waals surface area contributed by atoms with Crippen molar-refractivity contribution in [2.24, 2.45) is 5.92 Å². The summed E-state index contributed by atoms with van der Waals surface area (Å²) in [5, 5.41) is 0. The van der Waals surface area contributed by atoms with Crippen molar-refractivity contribution in [2.75, 3.05) is 6.61 Å². The fourth-order valence-corrected chi connectivity index (χ4v) is 2.46. The average Bonchev–Trinajstić information content (AvgIpc) is 2.49. The van der Waals surface area contributed by atoms with E-state index in [0.717, 1.165) is 38.5 Å². The Balaban J connectivity index is 2.08. The number of esters is 1. The Morgan fingerprint density at radius 2 is 2.18 bits per heavy atom. The molecule has 17 heavy (non-hydrogen) atoms. The first-order valence-corrected chi connectivity index (χ1v) is 6.89. The van der Waals surface area contributed by atoms with Crippen LogP contribution in [0.15, 0.2) is 0 Å². The predicted molar refractivity (Wildman–Crippen MR) is 66.7 cm³/mol. The van der Waals surface area contributed by atoms with Crippen LogP contribution in [0.2, 0.25) is 0 Å². The Labute approximate surface area is 104 Å². The highest BCUT2D eigenvalue weighted by atomic mass is 16.5. The molecule has 1 atom stereocenters. The maximum Gasteiger partial charge on any atom is 0.305 e. The molecule has 0 amide bonds. The van der Waals surface area contributed by atoms with Gasteiger partial charge in [-0.3, -0.25) is 9.59 Å². The van der Waals surface area contributed by atoms with Gasteiger partial charge in [0, 0.05) is 19.3 Å². The van der Waals surface area contributed by atoms with E-state index in [9.17, 15) is 9.59 Å². The quantitative estimate of drug-likeness (QED) is 0.406. The molecule has 98 valence electrons. The van der Waals surface area contributed by atoms with Crippen LogP contribution in [0.4, 0.5) is 0 Å². The number of carbonyl (C=O) groups excluding carboxylic acids is 2. The molecule has 0 radical (unpaired) electrons. The first-order valence-electron chi connectivity index (χ1n) is 6.89. The maximum absolute atomic E-state index is 11.4. The van der Waals surface area contributed by atoms with Crippen molar-refractivity contribution >= 4 is 11.8 Å². The molecule has 0 heterocycles. The molecule has 0 aliphatic heterocycles. The zero-order valence-corrected chi connectivity index (χ0v) is 10.9. The van der Waals surface area contributed by atoms with E-state index in [1.165, 1.54) is 12.8 Å². The zero-order valence-electron chi connectivity index (χ0n) is 10.9. The monoisotopic (exact) mass is 240 g/mol. The molecule has 1 aliphatic carbocycles. The lowest BCUT2D eigenvalue weighted by atomic mass is 9.93. The minimum Gasteiger partial charge on any atom is -0.466 e. The molecular weight excluding hydrogens is 216 g/mol. The second kappa shape index (κ2) is 8.26. The number of hydrogen-bond acceptors (Lipinski definition) is 3. The summed E-state index contributed by atoms with van der Waals surface area (Å²) in [5.41, 5.74) is 0. The van der Waals surface area contributed by atoms with Crippen LogP contribution in [0.5, 0.6) is 0 Å². The summed E-state index contributed by atoms with van der Waals surface area (Å²) in [7, 11) is 0. The Morgan fingerprint density at radius 3 is 2.94 bits per heavy atom. The summed E-state index contributed by atoms with van der Waals surface area (Å²) >= 11 is 0. The molecule has 3 nitrogen and oxygen atoms in total. The lowest BCUT2D eigenvalue weighted by molar-refractivity contribution is -0.143. The minimum atomic E-state index is -0.0931. The number of unbranched alkanes of at least 4 members (excludes halogenated alkanes) is 1. The van der Waals surface area contributed by atoms with Gasteiger partial charge in [-0.05, 0) is 25.7 Å². The molecule has 3 heteroatoms. The lowest BCUT2D eigenvalue weighted by Crippen LogP contribution is -2.06. The van der Waals surface area contributed by atoms with Crippen LogP contribution in [-0.2, 0) is 14.3 Å². The Kier molecular flexibility index (Phi) is 6.90. The van der Waals surface area contributed by atoms with E-state index < -0.39 is 0 Å². The van der Waals surface area contributed by atoms with Crippen molar-refractivity contribution < 1.29 is 14.3 Å². The minimum absolute atomic E-state index is 0.0931. The first-order chi connectivity index (χ1) is 8.22. The molecule has 0 N–H and O–H groups in total. The number of Topliss-reactive ketones (excluding diaryl/α,β-unsaturated/α-hetero) is 1. The van der Waals surface area contributed by atoms with E-state index in [0.29, 0.717) is 24.7 Å². The predicted octanol–water partition coefficient (Wildman–Crippen LogP) is 3.26. The third-order valence-electron chi connectivity index (χ3n) is 3.38. The molecule has 1 unspecified atom stereocenters. The molecule has 0 aromatic rings. The van der Waals surface area contributed by atoms with Crippen molar-refractivity contribution in [1.82, 2.24) is 0 Å². The lowest BCUT2D eigenvalue weighted by Gasteiger charge is -2.12. The Hall–Kier alpha value is -0.860. The fourth-order valence-electron chi connectivity index (χ4n) is 2.46. The second-order valence-electron chi connectivity index (χ2n) is 4.91. The number of ketones is 1. The van der Waals surface area contributed by atoms with Gasteiger partial charge in [-0.1, -0.05) is 25.7 Å². The van der Waals surface area contributed by atoms with Crippen molar-refractivity contribution in [3.05, 3.63) is 0 Å². The zero-order chi connectivity index (χ0) is 12.5. The van der Waals surface area contributed by atoms with Crippen LogP contribution in [0.3, 0.4) is 0 Å². The van der Waals surface area contributed by atoms with Gasteiger partial charge in [0.1, 0.15) is 5.78 Å². The fraction of sp³-hybridized carbons (Fsp3) is 0.857. The Bertz CT molecular complexity index is 248. The third kappa shape index (κ3) is 6.44. The highest BCUT2D eigenvalue weighted by Crippen LogP contribution is 2.25. The van der Waals surface area contributed by atoms with Crippen LogP contribution in [0.25, 0.3) is 0 Å². The van der Waals surface area contributed by atoms with Crippen molar-refractivity contribution in [2.45, 2.75) is 64.7 Å². The molecule has 1 saturated carbocycles. The average molecular weight is 240 g/mol. The summed E-state index contributed by atoms with van der Waals surface area (Å²) in [5.74, 6) is 0.898. The van der Waals surface area contributed by atoms with Gasteiger partial charge in [0.25, 0.3) is 0 Å². The molecule has 0 saturated heterocycles. The van der Waals surface area contributed by atoms with Crippen molar-refractivity contribution in [1.29, 1.82) is 0 Å². The summed E-state index contributed by atoms with van der Waals surface area (Å²) in [6.07, 6.45) is 8.52. The van der Waals surface area contributed by atoms with Crippen LogP contribution in [0, 0.1) is 5.92 Å². The summed E-state index contributed by atoms with van der Waals surface area (Å²) in [4.78, 5) is 22.6. The van der Waals surface area contributed by atoms with Crippen molar-refractivity contribution in [3.8, 4) is 0 Å². The van der Waals surface area contributed by atoms with E-state index >= 15 is 0 Å². The van der Waals surface area contributed by atoms with E-state index in [-0.39, 0.29) is 5.97 Å². The van der Waals surface area contributed by atoms with Gasteiger partial charge in [-0.2, -0.15) is 0 Å². The van der Waals surface area contributed by atoms with E-state index in [1.807, 2.05) is 6.92 Å². The topological polar surface area (TPSA) is 43.4 Å². The maximum atomic E-state index is 11.4. The molecule has 1 aliphatic rings. The molecule has 0 aromatic carbocycles. The highest BCUT2D eigenvalue weighted by Gasteiger charge is 2.17. The molecule has 0 aromatic heterocycles. The van der Waals surface area contributed by atoms with Gasteiger partial charge in [-0.15, -0.1) is 0 Å². The molecule has 1 rings (SSSR count). The van der Waals surface area contributed by atoms with Gasteiger partial charge in [-0.25, -0.2) is 0 Å². The van der Waals surface area contributed by atoms with Gasteiger partial charge < -0.3 is 4.74 Å². The summed E-state index contributed by atoms with van der Waals surface area (Å²) < 4.78 is 4.88. The normalized spacial score (nSPS) is 21.0. The molecule has 0 bridgehead atoms. The first kappa shape index (κ1) is 14.2. The van der Waals surface area contributed by atoms with E-state index in [4.69, 9.17) is 4.74 Å². The SMILES string of the molecule is CCOC(=O)CCCCC1CCCCC(=O)C1. The number of hydrogen-bond donors (Lipinski definition) is 0. The number of carbonyl (C=O) groups is 2. The number of ether oxygens (including phenoxy) is 1. The molecular formula is C14H24O3. The van der Waals surface area contributed by atoms with Gasteiger partial charge >= 0.3 is 5.97 Å². The third-order valence-corrected chi connectivity index (χ3v) is 3.38. The van der Waals surface area contributed by atoms with Crippen LogP contribution < -0.4 is 0 Å². The Morgan fingerprint density at radius 1 is 1.35 bits per heavy atom. The molecule has 0 spiro atoms. The standard InChI is InChI=1S/C14H24O3/c1-2-17-14(16)10-6-4-8-12-7-3-5-9-13(15)11-12/h12H,2-11H2,1H3. The van der Waals surface area contributed by atoms with Gasteiger partial charge in [0.2, 0.25) is 0 Å². The van der Waals surface area contributed by atoms with Crippen LogP contribution in [0.1, 0.15) is 64.7 Å². The van der Waals surface area contributed by atoms with E-state index in [1.54, 1.807) is 0 Å². The van der Waals surface area contributed by atoms with E-state index in [2.05, 4.69) is 0 Å². The summed E-state index contributed by atoms with van der Waals surface area (Å²) in [6, 6.07) is 0. The summed E-state index contributed by atoms with van der Waals surface area (Å²) in [6.45, 7) is 2.30. The highest BCUT2D eigenvalue weighted by molar-refractivity contribution is 5.78. The van der Waals surface area contributed by atoms with Crippen LogP contribution >= 0.6 is 0 Å². The van der Waals surface area contributed by atoms with Gasteiger partial charge in [0.05, 0.1) is 6.61 Å². The smallest absolute Gasteiger partial charge is 0.305 e.